The molecule has 1 N–H and O–H groups in total. The van der Waals surface area contributed by atoms with E-state index < -0.39 is 47.4 Å². The first-order valence-corrected chi connectivity index (χ1v) is 9.89. The Morgan fingerprint density at radius 2 is 1.91 bits per heavy atom. The molecule has 2 aromatic heterocycles. The Hall–Kier alpha value is -4.09. The summed E-state index contributed by atoms with van der Waals surface area (Å²) >= 11 is 0. The van der Waals surface area contributed by atoms with Gasteiger partial charge in [-0.2, -0.15) is 18.3 Å². The quantitative estimate of drug-likeness (QED) is 0.444. The predicted molar refractivity (Wildman–Crippen MR) is 111 cm³/mol. The molecule has 0 fully saturated rings. The SMILES string of the molecule is CC(NC(=O)Cn1cnc2c(cnn2-c2cccc(C(F)(F)F)c2)c1=O)c1ccc(F)cc1F. The van der Waals surface area contributed by atoms with Crippen molar-refractivity contribution in [1.29, 1.82) is 0 Å². The van der Waals surface area contributed by atoms with Crippen molar-refractivity contribution in [2.24, 2.45) is 0 Å². The molecule has 1 atom stereocenters. The zero-order chi connectivity index (χ0) is 24.6. The highest BCUT2D eigenvalue weighted by Crippen LogP contribution is 2.30. The monoisotopic (exact) mass is 477 g/mol. The fraction of sp³-hybridized carbons (Fsp3) is 0.182. The van der Waals surface area contributed by atoms with Gasteiger partial charge in [-0.15, -0.1) is 0 Å². The van der Waals surface area contributed by atoms with Crippen molar-refractivity contribution in [1.82, 2.24) is 24.6 Å². The first-order chi connectivity index (χ1) is 16.0. The van der Waals surface area contributed by atoms with E-state index in [9.17, 15) is 31.5 Å². The van der Waals surface area contributed by atoms with E-state index in [-0.39, 0.29) is 22.3 Å². The van der Waals surface area contributed by atoms with Crippen LogP contribution in [0, 0.1) is 11.6 Å². The fourth-order valence-electron chi connectivity index (χ4n) is 3.44. The summed E-state index contributed by atoms with van der Waals surface area (Å²) in [6.45, 7) is 1.04. The van der Waals surface area contributed by atoms with Gasteiger partial charge in [-0.05, 0) is 31.2 Å². The molecule has 4 aromatic rings. The van der Waals surface area contributed by atoms with Gasteiger partial charge in [0.25, 0.3) is 5.56 Å². The average molecular weight is 477 g/mol. The Kier molecular flexibility index (Phi) is 5.90. The van der Waals surface area contributed by atoms with Gasteiger partial charge in [0.05, 0.1) is 23.5 Å². The molecule has 2 heterocycles. The number of fused-ring (bicyclic) bond motifs is 1. The molecule has 34 heavy (non-hydrogen) atoms. The van der Waals surface area contributed by atoms with Gasteiger partial charge in [-0.3, -0.25) is 14.2 Å². The average Bonchev–Trinajstić information content (AvgIpc) is 3.20. The second kappa shape index (κ2) is 8.69. The summed E-state index contributed by atoms with van der Waals surface area (Å²) in [5, 5.41) is 6.48. The molecule has 0 aliphatic heterocycles. The lowest BCUT2D eigenvalue weighted by Crippen LogP contribution is -2.34. The maximum absolute atomic E-state index is 13.9. The van der Waals surface area contributed by atoms with Crippen LogP contribution in [-0.2, 0) is 17.5 Å². The van der Waals surface area contributed by atoms with Gasteiger partial charge >= 0.3 is 6.18 Å². The number of rotatable bonds is 5. The van der Waals surface area contributed by atoms with E-state index in [1.807, 2.05) is 0 Å². The maximum Gasteiger partial charge on any atom is 0.416 e. The zero-order valence-corrected chi connectivity index (χ0v) is 17.5. The summed E-state index contributed by atoms with van der Waals surface area (Å²) in [4.78, 5) is 29.3. The minimum atomic E-state index is -4.56. The van der Waals surface area contributed by atoms with E-state index in [0.29, 0.717) is 6.07 Å². The summed E-state index contributed by atoms with van der Waals surface area (Å²) in [5.74, 6) is -2.21. The molecule has 7 nitrogen and oxygen atoms in total. The second-order valence-corrected chi connectivity index (χ2v) is 7.47. The van der Waals surface area contributed by atoms with Crippen LogP contribution in [0.3, 0.4) is 0 Å². The third-order valence-corrected chi connectivity index (χ3v) is 5.09. The van der Waals surface area contributed by atoms with Gasteiger partial charge in [0, 0.05) is 11.6 Å². The number of nitrogens with zero attached hydrogens (tertiary/aromatic N) is 4. The Morgan fingerprint density at radius 3 is 2.62 bits per heavy atom. The van der Waals surface area contributed by atoms with Crippen LogP contribution in [0.4, 0.5) is 22.0 Å². The van der Waals surface area contributed by atoms with Crippen LogP contribution in [0.2, 0.25) is 0 Å². The lowest BCUT2D eigenvalue weighted by atomic mass is 10.1. The molecule has 0 aliphatic carbocycles. The van der Waals surface area contributed by atoms with Crippen molar-refractivity contribution < 1.29 is 26.7 Å². The summed E-state index contributed by atoms with van der Waals surface area (Å²) in [7, 11) is 0. The number of carbonyl (C=O) groups excluding carboxylic acids is 1. The highest BCUT2D eigenvalue weighted by molar-refractivity contribution is 5.78. The minimum Gasteiger partial charge on any atom is -0.348 e. The summed E-state index contributed by atoms with van der Waals surface area (Å²) in [5.41, 5.74) is -1.38. The number of hydrogen-bond donors (Lipinski definition) is 1. The maximum atomic E-state index is 13.9. The molecule has 0 aliphatic rings. The molecular weight excluding hydrogens is 461 g/mol. The molecule has 0 saturated heterocycles. The number of amides is 1. The lowest BCUT2D eigenvalue weighted by molar-refractivity contribution is -0.137. The molecule has 0 radical (unpaired) electrons. The van der Waals surface area contributed by atoms with E-state index in [0.717, 1.165) is 40.0 Å². The number of hydrogen-bond acceptors (Lipinski definition) is 4. The Balaban J connectivity index is 1.57. The molecule has 0 bridgehead atoms. The summed E-state index contributed by atoms with van der Waals surface area (Å²) in [6, 6.07) is 6.55. The van der Waals surface area contributed by atoms with Crippen LogP contribution >= 0.6 is 0 Å². The fourth-order valence-corrected chi connectivity index (χ4v) is 3.44. The predicted octanol–water partition coefficient (Wildman–Crippen LogP) is 3.76. The van der Waals surface area contributed by atoms with Crippen molar-refractivity contribution in [3.63, 3.8) is 0 Å². The first-order valence-electron chi connectivity index (χ1n) is 9.89. The Bertz CT molecular complexity index is 1440. The molecule has 0 saturated carbocycles. The van der Waals surface area contributed by atoms with Crippen molar-refractivity contribution in [2.75, 3.05) is 0 Å². The lowest BCUT2D eigenvalue weighted by Gasteiger charge is -2.15. The largest absolute Gasteiger partial charge is 0.416 e. The molecule has 4 rings (SSSR count). The smallest absolute Gasteiger partial charge is 0.348 e. The van der Waals surface area contributed by atoms with Gasteiger partial charge < -0.3 is 5.32 Å². The van der Waals surface area contributed by atoms with Gasteiger partial charge in [-0.25, -0.2) is 18.4 Å². The van der Waals surface area contributed by atoms with Gasteiger partial charge in [0.2, 0.25) is 5.91 Å². The van der Waals surface area contributed by atoms with E-state index in [1.54, 1.807) is 0 Å². The van der Waals surface area contributed by atoms with Crippen LogP contribution in [-0.4, -0.2) is 25.2 Å². The standard InChI is InChI=1S/C22H16F5N5O2/c1-12(16-6-5-14(23)8-18(16)24)30-19(33)10-31-11-28-20-17(21(31)34)9-29-32(20)15-4-2-3-13(7-15)22(25,26)27/h2-9,11-12H,10H2,1H3,(H,30,33). The van der Waals surface area contributed by atoms with Crippen molar-refractivity contribution in [3.05, 3.63) is 88.1 Å². The minimum absolute atomic E-state index is 0.00895. The number of benzene rings is 2. The third kappa shape index (κ3) is 4.51. The van der Waals surface area contributed by atoms with E-state index in [2.05, 4.69) is 15.4 Å². The second-order valence-electron chi connectivity index (χ2n) is 7.47. The number of aromatic nitrogens is 4. The van der Waals surface area contributed by atoms with E-state index >= 15 is 0 Å². The molecular formula is C22H16F5N5O2. The molecule has 0 spiro atoms. The van der Waals surface area contributed by atoms with Crippen LogP contribution in [0.15, 0.2) is 59.8 Å². The first kappa shape index (κ1) is 23.1. The number of carbonyl (C=O) groups is 1. The number of halogens is 5. The molecule has 1 unspecified atom stereocenters. The summed E-state index contributed by atoms with van der Waals surface area (Å²) in [6.07, 6.45) is -2.34. The van der Waals surface area contributed by atoms with Crippen molar-refractivity contribution in [3.8, 4) is 5.69 Å². The van der Waals surface area contributed by atoms with Crippen LogP contribution < -0.4 is 10.9 Å². The van der Waals surface area contributed by atoms with E-state index in [4.69, 9.17) is 0 Å². The number of nitrogens with one attached hydrogen (secondary N) is 1. The van der Waals surface area contributed by atoms with Crippen LogP contribution in [0.25, 0.3) is 16.7 Å². The van der Waals surface area contributed by atoms with Crippen LogP contribution in [0.1, 0.15) is 24.1 Å². The van der Waals surface area contributed by atoms with Gasteiger partial charge in [0.1, 0.15) is 29.9 Å². The topological polar surface area (TPSA) is 81.8 Å². The Labute approximate surface area is 188 Å². The molecule has 2 aromatic carbocycles. The highest BCUT2D eigenvalue weighted by atomic mass is 19.4. The molecule has 176 valence electrons. The highest BCUT2D eigenvalue weighted by Gasteiger charge is 2.30. The third-order valence-electron chi connectivity index (χ3n) is 5.09. The summed E-state index contributed by atoms with van der Waals surface area (Å²) < 4.78 is 68.2. The van der Waals surface area contributed by atoms with E-state index in [1.165, 1.54) is 25.1 Å². The number of alkyl halides is 3. The molecule has 12 heteroatoms. The zero-order valence-electron chi connectivity index (χ0n) is 17.5. The van der Waals surface area contributed by atoms with Gasteiger partial charge in [0.15, 0.2) is 5.65 Å². The Morgan fingerprint density at radius 1 is 1.15 bits per heavy atom. The van der Waals surface area contributed by atoms with Crippen molar-refractivity contribution in [2.45, 2.75) is 25.7 Å². The van der Waals surface area contributed by atoms with Crippen LogP contribution in [0.5, 0.6) is 0 Å². The van der Waals surface area contributed by atoms with Crippen molar-refractivity contribution >= 4 is 16.9 Å². The normalized spacial score (nSPS) is 12.6. The molecule has 1 amide bonds. The van der Waals surface area contributed by atoms with Gasteiger partial charge in [-0.1, -0.05) is 12.1 Å².